The molecule has 2 atom stereocenters. The second-order valence-electron chi connectivity index (χ2n) is 6.08. The number of nitrogens with one attached hydrogen (secondary N) is 2. The van der Waals surface area contributed by atoms with Gasteiger partial charge in [0.05, 0.1) is 12.7 Å². The first-order chi connectivity index (χ1) is 9.81. The van der Waals surface area contributed by atoms with Crippen molar-refractivity contribution < 1.29 is 9.26 Å². The van der Waals surface area contributed by atoms with E-state index >= 15 is 0 Å². The van der Waals surface area contributed by atoms with Gasteiger partial charge in [0.25, 0.3) is 5.56 Å². The third-order valence-electron chi connectivity index (χ3n) is 4.53. The second-order valence-corrected chi connectivity index (χ2v) is 6.08. The standard InChI is InChI=1S/C15H24N2O3/c18-15-9-14(20-17-15)11-6-7-16-12(8-11)10-19-13-4-2-1-3-5-13/h9,11-13,16H,1-8,10H2,(H,17,18)/t11-,12-/m1/s1. The smallest absolute Gasteiger partial charge is 0.280 e. The molecule has 0 bridgehead atoms. The molecule has 0 unspecified atom stereocenters. The van der Waals surface area contributed by atoms with Gasteiger partial charge in [0.1, 0.15) is 5.76 Å². The van der Waals surface area contributed by atoms with E-state index in [4.69, 9.17) is 9.26 Å². The molecule has 2 fully saturated rings. The third-order valence-corrected chi connectivity index (χ3v) is 4.53. The summed E-state index contributed by atoms with van der Waals surface area (Å²) >= 11 is 0. The molecule has 1 aliphatic heterocycles. The molecule has 1 saturated heterocycles. The van der Waals surface area contributed by atoms with E-state index in [1.54, 1.807) is 6.07 Å². The summed E-state index contributed by atoms with van der Waals surface area (Å²) in [5, 5.41) is 5.89. The van der Waals surface area contributed by atoms with Crippen LogP contribution in [-0.4, -0.2) is 30.5 Å². The molecule has 2 aliphatic rings. The fraction of sp³-hybridized carbons (Fsp3) is 0.800. The average Bonchev–Trinajstić information content (AvgIpc) is 2.93. The Balaban J connectivity index is 1.49. The van der Waals surface area contributed by atoms with Crippen LogP contribution in [0.3, 0.4) is 0 Å². The highest BCUT2D eigenvalue weighted by Gasteiger charge is 2.26. The third kappa shape index (κ3) is 3.52. The summed E-state index contributed by atoms with van der Waals surface area (Å²) in [7, 11) is 0. The number of ether oxygens (including phenoxy) is 1. The summed E-state index contributed by atoms with van der Waals surface area (Å²) in [6.45, 7) is 1.73. The van der Waals surface area contributed by atoms with Crippen molar-refractivity contribution in [3.8, 4) is 0 Å². The van der Waals surface area contributed by atoms with Gasteiger partial charge in [0.15, 0.2) is 0 Å². The topological polar surface area (TPSA) is 67.3 Å². The monoisotopic (exact) mass is 280 g/mol. The second kappa shape index (κ2) is 6.59. The van der Waals surface area contributed by atoms with E-state index in [1.165, 1.54) is 32.1 Å². The number of hydrogen-bond donors (Lipinski definition) is 2. The molecule has 2 N–H and O–H groups in total. The fourth-order valence-corrected chi connectivity index (χ4v) is 3.37. The van der Waals surface area contributed by atoms with Crippen molar-refractivity contribution in [3.63, 3.8) is 0 Å². The Labute approximate surface area is 119 Å². The first-order valence-corrected chi connectivity index (χ1v) is 7.84. The number of H-pyrrole nitrogens is 1. The molecular weight excluding hydrogens is 256 g/mol. The SMILES string of the molecule is O=c1cc([C@@H]2CCN[C@@H](COC3CCCCC3)C2)o[nH]1. The van der Waals surface area contributed by atoms with E-state index < -0.39 is 0 Å². The molecule has 1 aliphatic carbocycles. The quantitative estimate of drug-likeness (QED) is 0.887. The highest BCUT2D eigenvalue weighted by Crippen LogP contribution is 2.27. The van der Waals surface area contributed by atoms with Crippen LogP contribution >= 0.6 is 0 Å². The lowest BCUT2D eigenvalue weighted by atomic mass is 9.90. The molecule has 1 aromatic rings. The van der Waals surface area contributed by atoms with E-state index in [1.807, 2.05) is 0 Å². The number of aromatic nitrogens is 1. The summed E-state index contributed by atoms with van der Waals surface area (Å²) in [6.07, 6.45) is 8.84. The van der Waals surface area contributed by atoms with Gasteiger partial charge >= 0.3 is 0 Å². The van der Waals surface area contributed by atoms with E-state index in [0.717, 1.165) is 31.8 Å². The van der Waals surface area contributed by atoms with Crippen LogP contribution in [0.25, 0.3) is 0 Å². The molecule has 1 aromatic heterocycles. The van der Waals surface area contributed by atoms with Gasteiger partial charge < -0.3 is 14.6 Å². The summed E-state index contributed by atoms with van der Waals surface area (Å²) in [5.74, 6) is 1.12. The maximum atomic E-state index is 11.2. The average molecular weight is 280 g/mol. The Kier molecular flexibility index (Phi) is 4.58. The number of hydrogen-bond acceptors (Lipinski definition) is 4. The van der Waals surface area contributed by atoms with Crippen LogP contribution in [0.2, 0.25) is 0 Å². The maximum Gasteiger partial charge on any atom is 0.280 e. The zero-order valence-electron chi connectivity index (χ0n) is 11.9. The van der Waals surface area contributed by atoms with Crippen molar-refractivity contribution in [1.82, 2.24) is 10.5 Å². The highest BCUT2D eigenvalue weighted by atomic mass is 16.5. The highest BCUT2D eigenvalue weighted by molar-refractivity contribution is 5.05. The van der Waals surface area contributed by atoms with Gasteiger partial charge in [0.2, 0.25) is 0 Å². The largest absolute Gasteiger partial charge is 0.383 e. The minimum absolute atomic E-state index is 0.145. The lowest BCUT2D eigenvalue weighted by Crippen LogP contribution is -2.41. The van der Waals surface area contributed by atoms with Gasteiger partial charge in [-0.15, -0.1) is 0 Å². The summed E-state index contributed by atoms with van der Waals surface area (Å²) in [6, 6.07) is 1.95. The fourth-order valence-electron chi connectivity index (χ4n) is 3.37. The first-order valence-electron chi connectivity index (χ1n) is 7.84. The van der Waals surface area contributed by atoms with Crippen molar-refractivity contribution in [2.24, 2.45) is 0 Å². The van der Waals surface area contributed by atoms with Crippen molar-refractivity contribution in [1.29, 1.82) is 0 Å². The van der Waals surface area contributed by atoms with Crippen LogP contribution < -0.4 is 10.9 Å². The van der Waals surface area contributed by atoms with Crippen molar-refractivity contribution in [2.45, 2.75) is 63.0 Å². The molecule has 112 valence electrons. The minimum Gasteiger partial charge on any atom is -0.383 e. The molecule has 1 saturated carbocycles. The molecule has 0 radical (unpaired) electrons. The van der Waals surface area contributed by atoms with Gasteiger partial charge in [-0.05, 0) is 32.2 Å². The summed E-state index contributed by atoms with van der Waals surface area (Å²) in [5.41, 5.74) is -0.145. The maximum absolute atomic E-state index is 11.2. The van der Waals surface area contributed by atoms with Gasteiger partial charge in [-0.1, -0.05) is 19.3 Å². The van der Waals surface area contributed by atoms with Crippen LogP contribution in [0.15, 0.2) is 15.4 Å². The zero-order valence-corrected chi connectivity index (χ0v) is 11.9. The molecular formula is C15H24N2O3. The van der Waals surface area contributed by atoms with Crippen LogP contribution in [0, 0.1) is 0 Å². The van der Waals surface area contributed by atoms with E-state index in [0.29, 0.717) is 18.1 Å². The van der Waals surface area contributed by atoms with E-state index in [2.05, 4.69) is 10.5 Å². The molecule has 0 aromatic carbocycles. The Morgan fingerprint density at radius 2 is 2.10 bits per heavy atom. The summed E-state index contributed by atoms with van der Waals surface area (Å²) < 4.78 is 11.3. The van der Waals surface area contributed by atoms with E-state index in [9.17, 15) is 4.79 Å². The van der Waals surface area contributed by atoms with Crippen LogP contribution in [0.1, 0.15) is 56.6 Å². The van der Waals surface area contributed by atoms with Gasteiger partial charge in [0, 0.05) is 18.0 Å². The van der Waals surface area contributed by atoms with Crippen LogP contribution in [-0.2, 0) is 4.74 Å². The van der Waals surface area contributed by atoms with Gasteiger partial charge in [-0.3, -0.25) is 4.79 Å². The van der Waals surface area contributed by atoms with E-state index in [-0.39, 0.29) is 5.56 Å². The van der Waals surface area contributed by atoms with Crippen LogP contribution in [0.5, 0.6) is 0 Å². The molecule has 5 nitrogen and oxygen atoms in total. The molecule has 20 heavy (non-hydrogen) atoms. The van der Waals surface area contributed by atoms with Crippen molar-refractivity contribution in [2.75, 3.05) is 13.2 Å². The predicted octanol–water partition coefficient (Wildman–Crippen LogP) is 2.15. The first kappa shape index (κ1) is 13.9. The molecule has 3 rings (SSSR count). The molecule has 0 amide bonds. The lowest BCUT2D eigenvalue weighted by molar-refractivity contribution is 0.0105. The Bertz CT molecular complexity index is 462. The zero-order chi connectivity index (χ0) is 13.8. The molecule has 0 spiro atoms. The number of aromatic amines is 1. The lowest BCUT2D eigenvalue weighted by Gasteiger charge is -2.31. The van der Waals surface area contributed by atoms with Gasteiger partial charge in [-0.25, -0.2) is 0 Å². The van der Waals surface area contributed by atoms with Crippen molar-refractivity contribution in [3.05, 3.63) is 22.2 Å². The number of rotatable bonds is 4. The summed E-state index contributed by atoms with van der Waals surface area (Å²) in [4.78, 5) is 11.2. The number of piperidine rings is 1. The molecule has 2 heterocycles. The normalized spacial score (nSPS) is 28.6. The minimum atomic E-state index is -0.145. The van der Waals surface area contributed by atoms with Gasteiger partial charge in [-0.2, -0.15) is 5.16 Å². The predicted molar refractivity (Wildman–Crippen MR) is 75.9 cm³/mol. The van der Waals surface area contributed by atoms with Crippen molar-refractivity contribution >= 4 is 0 Å². The Hall–Kier alpha value is -1.07. The Morgan fingerprint density at radius 1 is 1.25 bits per heavy atom. The Morgan fingerprint density at radius 3 is 2.85 bits per heavy atom. The van der Waals surface area contributed by atoms with Crippen LogP contribution in [0.4, 0.5) is 0 Å². The molecule has 5 heteroatoms.